The maximum Gasteiger partial charge on any atom is 0.270 e. The predicted molar refractivity (Wildman–Crippen MR) is 90.0 cm³/mol. The minimum atomic E-state index is -0.270. The van der Waals surface area contributed by atoms with Gasteiger partial charge in [-0.2, -0.15) is 5.26 Å². The van der Waals surface area contributed by atoms with Crippen molar-refractivity contribution < 1.29 is 9.53 Å². The van der Waals surface area contributed by atoms with Gasteiger partial charge in [0, 0.05) is 26.3 Å². The normalized spacial score (nSPS) is 10.0. The van der Waals surface area contributed by atoms with Gasteiger partial charge < -0.3 is 15.4 Å². The van der Waals surface area contributed by atoms with E-state index in [-0.39, 0.29) is 11.6 Å². The van der Waals surface area contributed by atoms with Crippen LogP contribution in [0.2, 0.25) is 0 Å². The fourth-order valence-corrected chi connectivity index (χ4v) is 2.08. The van der Waals surface area contributed by atoms with Crippen LogP contribution in [0.25, 0.3) is 0 Å². The zero-order chi connectivity index (χ0) is 17.4. The Hall–Kier alpha value is -2.98. The summed E-state index contributed by atoms with van der Waals surface area (Å²) in [5, 5.41) is 15.0. The summed E-state index contributed by atoms with van der Waals surface area (Å²) in [4.78, 5) is 20.6. The van der Waals surface area contributed by atoms with Crippen LogP contribution in [0.4, 0.5) is 11.5 Å². The number of anilines is 2. The van der Waals surface area contributed by atoms with E-state index in [0.717, 1.165) is 6.42 Å². The summed E-state index contributed by atoms with van der Waals surface area (Å²) < 4.78 is 4.94. The number of carbonyl (C=O) groups is 1. The molecule has 0 aliphatic rings. The number of para-hydroxylation sites is 1. The predicted octanol–water partition coefficient (Wildman–Crippen LogP) is 2.17. The molecule has 2 rings (SSSR count). The summed E-state index contributed by atoms with van der Waals surface area (Å²) >= 11 is 0. The summed E-state index contributed by atoms with van der Waals surface area (Å²) in [5.74, 6) is 0.664. The first-order valence-corrected chi connectivity index (χ1v) is 7.53. The molecule has 0 spiro atoms. The number of amides is 1. The van der Waals surface area contributed by atoms with Crippen LogP contribution in [0.1, 0.15) is 28.3 Å². The Morgan fingerprint density at radius 1 is 1.33 bits per heavy atom. The third-order valence-electron chi connectivity index (χ3n) is 3.19. The zero-order valence-corrected chi connectivity index (χ0v) is 13.7. The van der Waals surface area contributed by atoms with Gasteiger partial charge in [0.15, 0.2) is 0 Å². The lowest BCUT2D eigenvalue weighted by atomic mass is 10.2. The second-order valence-electron chi connectivity index (χ2n) is 5.07. The number of carbonyl (C=O) groups excluding carboxylic acids is 1. The molecule has 2 aromatic rings. The summed E-state index contributed by atoms with van der Waals surface area (Å²) in [5.41, 5.74) is 1.40. The minimum Gasteiger partial charge on any atom is -0.385 e. The molecule has 0 aliphatic carbocycles. The van der Waals surface area contributed by atoms with E-state index < -0.39 is 0 Å². The van der Waals surface area contributed by atoms with Gasteiger partial charge in [-0.25, -0.2) is 9.97 Å². The van der Waals surface area contributed by atoms with E-state index in [1.807, 2.05) is 6.07 Å². The van der Waals surface area contributed by atoms with Crippen LogP contribution in [0.3, 0.4) is 0 Å². The van der Waals surface area contributed by atoms with Crippen LogP contribution in [0, 0.1) is 18.3 Å². The van der Waals surface area contributed by atoms with Gasteiger partial charge in [0.1, 0.15) is 23.4 Å². The zero-order valence-electron chi connectivity index (χ0n) is 13.7. The number of aromatic nitrogens is 2. The molecule has 0 saturated heterocycles. The Morgan fingerprint density at radius 2 is 2.12 bits per heavy atom. The van der Waals surface area contributed by atoms with Crippen LogP contribution in [-0.2, 0) is 4.74 Å². The van der Waals surface area contributed by atoms with Crippen LogP contribution < -0.4 is 10.6 Å². The number of methoxy groups -OCH3 is 1. The maximum atomic E-state index is 12.2. The topological polar surface area (TPSA) is 99.9 Å². The first-order valence-electron chi connectivity index (χ1n) is 7.53. The second-order valence-corrected chi connectivity index (χ2v) is 5.07. The average Bonchev–Trinajstić information content (AvgIpc) is 2.58. The fourth-order valence-electron chi connectivity index (χ4n) is 2.08. The molecule has 0 fully saturated rings. The molecule has 7 heteroatoms. The maximum absolute atomic E-state index is 12.2. The Morgan fingerprint density at radius 3 is 2.88 bits per heavy atom. The molecule has 124 valence electrons. The van der Waals surface area contributed by atoms with Crippen molar-refractivity contribution in [3.05, 3.63) is 47.4 Å². The van der Waals surface area contributed by atoms with Gasteiger partial charge in [0.25, 0.3) is 5.91 Å². The monoisotopic (exact) mass is 325 g/mol. The lowest BCUT2D eigenvalue weighted by Crippen LogP contribution is -2.26. The molecule has 1 amide bonds. The summed E-state index contributed by atoms with van der Waals surface area (Å²) in [7, 11) is 1.62. The summed E-state index contributed by atoms with van der Waals surface area (Å²) in [6.45, 7) is 2.81. The summed E-state index contributed by atoms with van der Waals surface area (Å²) in [6.07, 6.45) is 0.729. The van der Waals surface area contributed by atoms with E-state index in [0.29, 0.717) is 36.0 Å². The van der Waals surface area contributed by atoms with Gasteiger partial charge >= 0.3 is 0 Å². The molecular formula is C17H19N5O2. The van der Waals surface area contributed by atoms with Gasteiger partial charge in [-0.3, -0.25) is 4.79 Å². The Labute approximate surface area is 140 Å². The lowest BCUT2D eigenvalue weighted by Gasteiger charge is -2.10. The summed E-state index contributed by atoms with van der Waals surface area (Å²) in [6, 6.07) is 10.8. The van der Waals surface area contributed by atoms with Crippen LogP contribution in [0.15, 0.2) is 30.3 Å². The van der Waals surface area contributed by atoms with E-state index in [9.17, 15) is 4.79 Å². The van der Waals surface area contributed by atoms with Gasteiger partial charge in [0.05, 0.1) is 11.3 Å². The van der Waals surface area contributed by atoms with Gasteiger partial charge in [0.2, 0.25) is 0 Å². The first-order chi connectivity index (χ1) is 11.6. The number of nitriles is 1. The number of nitrogens with zero attached hydrogens (tertiary/aromatic N) is 3. The van der Waals surface area contributed by atoms with Gasteiger partial charge in [-0.1, -0.05) is 12.1 Å². The van der Waals surface area contributed by atoms with E-state index in [1.54, 1.807) is 38.3 Å². The molecule has 1 aromatic carbocycles. The molecule has 0 radical (unpaired) electrons. The van der Waals surface area contributed by atoms with Crippen molar-refractivity contribution in [1.29, 1.82) is 5.26 Å². The van der Waals surface area contributed by atoms with Gasteiger partial charge in [-0.15, -0.1) is 0 Å². The van der Waals surface area contributed by atoms with Crippen molar-refractivity contribution in [3.8, 4) is 6.07 Å². The SMILES string of the molecule is COCCCNC(=O)c1cc(Nc2ccccc2C#N)nc(C)n1. The molecule has 0 bridgehead atoms. The van der Waals surface area contributed by atoms with E-state index >= 15 is 0 Å². The third kappa shape index (κ3) is 4.76. The average molecular weight is 325 g/mol. The Balaban J connectivity index is 2.13. The van der Waals surface area contributed by atoms with Crippen molar-refractivity contribution in [3.63, 3.8) is 0 Å². The van der Waals surface area contributed by atoms with Crippen LogP contribution in [-0.4, -0.2) is 36.1 Å². The highest BCUT2D eigenvalue weighted by molar-refractivity contribution is 5.93. The quantitative estimate of drug-likeness (QED) is 0.757. The molecule has 0 atom stereocenters. The number of ether oxygens (including phenoxy) is 1. The van der Waals surface area contributed by atoms with E-state index in [2.05, 4.69) is 26.7 Å². The Bertz CT molecular complexity index is 755. The fraction of sp³-hybridized carbons (Fsp3) is 0.294. The number of rotatable bonds is 7. The number of nitrogens with one attached hydrogen (secondary N) is 2. The highest BCUT2D eigenvalue weighted by Gasteiger charge is 2.11. The van der Waals surface area contributed by atoms with E-state index in [4.69, 9.17) is 10.00 Å². The number of benzene rings is 1. The third-order valence-corrected chi connectivity index (χ3v) is 3.19. The number of aryl methyl sites for hydroxylation is 1. The number of hydrogen-bond donors (Lipinski definition) is 2. The van der Waals surface area contributed by atoms with Crippen molar-refractivity contribution in [1.82, 2.24) is 15.3 Å². The van der Waals surface area contributed by atoms with Crippen LogP contribution >= 0.6 is 0 Å². The highest BCUT2D eigenvalue weighted by Crippen LogP contribution is 2.19. The number of hydrogen-bond acceptors (Lipinski definition) is 6. The molecule has 0 saturated carbocycles. The molecule has 1 aromatic heterocycles. The standard InChI is InChI=1S/C17H19N5O2/c1-12-20-15(17(23)19-8-5-9-24-2)10-16(21-12)22-14-7-4-3-6-13(14)11-18/h3-4,6-7,10H,5,8-9H2,1-2H3,(H,19,23)(H,20,21,22). The molecule has 2 N–H and O–H groups in total. The van der Waals surface area contributed by atoms with Gasteiger partial charge in [-0.05, 0) is 25.5 Å². The largest absolute Gasteiger partial charge is 0.385 e. The highest BCUT2D eigenvalue weighted by atomic mass is 16.5. The van der Waals surface area contributed by atoms with Crippen LogP contribution in [0.5, 0.6) is 0 Å². The molecule has 0 aliphatic heterocycles. The lowest BCUT2D eigenvalue weighted by molar-refractivity contribution is 0.0943. The van der Waals surface area contributed by atoms with Crippen molar-refractivity contribution in [2.45, 2.75) is 13.3 Å². The van der Waals surface area contributed by atoms with Crippen molar-refractivity contribution in [2.75, 3.05) is 25.6 Å². The molecule has 7 nitrogen and oxygen atoms in total. The molecular weight excluding hydrogens is 306 g/mol. The Kier molecular flexibility index (Phi) is 6.23. The van der Waals surface area contributed by atoms with Crippen molar-refractivity contribution in [2.24, 2.45) is 0 Å². The molecule has 24 heavy (non-hydrogen) atoms. The minimum absolute atomic E-state index is 0.270. The second kappa shape index (κ2) is 8.60. The van der Waals surface area contributed by atoms with Crippen molar-refractivity contribution >= 4 is 17.4 Å². The van der Waals surface area contributed by atoms with E-state index in [1.165, 1.54) is 0 Å². The molecule has 0 unspecified atom stereocenters. The smallest absolute Gasteiger partial charge is 0.270 e. The first kappa shape index (κ1) is 17.4. The molecule has 1 heterocycles.